The third kappa shape index (κ3) is 2.80. The maximum absolute atomic E-state index is 13.4. The summed E-state index contributed by atoms with van der Waals surface area (Å²) in [5, 5.41) is 12.4. The first kappa shape index (κ1) is 11.6. The van der Waals surface area contributed by atoms with Crippen LogP contribution in [0.2, 0.25) is 0 Å². The van der Waals surface area contributed by atoms with Gasteiger partial charge >= 0.3 is 0 Å². The molecular weight excluding hydrogens is 205 g/mol. The molecule has 0 aliphatic heterocycles. The van der Waals surface area contributed by atoms with Gasteiger partial charge < -0.3 is 10.4 Å². The number of halogens is 1. The molecule has 0 atom stereocenters. The van der Waals surface area contributed by atoms with Gasteiger partial charge in [-0.25, -0.2) is 4.39 Å². The number of hydrogen-bond acceptors (Lipinski definition) is 2. The summed E-state index contributed by atoms with van der Waals surface area (Å²) in [7, 11) is 0. The summed E-state index contributed by atoms with van der Waals surface area (Å²) in [5.41, 5.74) is 1.80. The number of rotatable bonds is 4. The first-order valence-electron chi connectivity index (χ1n) is 5.79. The van der Waals surface area contributed by atoms with Crippen molar-refractivity contribution in [2.24, 2.45) is 5.92 Å². The van der Waals surface area contributed by atoms with Gasteiger partial charge in [0.2, 0.25) is 0 Å². The molecule has 1 aromatic carbocycles. The summed E-state index contributed by atoms with van der Waals surface area (Å²) < 4.78 is 13.4. The van der Waals surface area contributed by atoms with E-state index in [1.807, 2.05) is 13.0 Å². The lowest BCUT2D eigenvalue weighted by atomic mass is 9.82. The zero-order chi connectivity index (χ0) is 11.5. The summed E-state index contributed by atoms with van der Waals surface area (Å²) >= 11 is 0. The zero-order valence-electron chi connectivity index (χ0n) is 9.54. The van der Waals surface area contributed by atoms with Gasteiger partial charge in [0.05, 0.1) is 6.10 Å². The van der Waals surface area contributed by atoms with E-state index >= 15 is 0 Å². The summed E-state index contributed by atoms with van der Waals surface area (Å²) in [6.07, 6.45) is 1.65. The summed E-state index contributed by atoms with van der Waals surface area (Å²) in [6.45, 7) is 3.40. The molecule has 2 N–H and O–H groups in total. The molecule has 2 rings (SSSR count). The van der Waals surface area contributed by atoms with E-state index in [0.29, 0.717) is 12.5 Å². The van der Waals surface area contributed by atoms with Gasteiger partial charge in [-0.3, -0.25) is 0 Å². The molecule has 0 radical (unpaired) electrons. The lowest BCUT2D eigenvalue weighted by molar-refractivity contribution is 0.0429. The van der Waals surface area contributed by atoms with Gasteiger partial charge in [-0.15, -0.1) is 0 Å². The van der Waals surface area contributed by atoms with Crippen LogP contribution in [0.3, 0.4) is 0 Å². The average Bonchev–Trinajstić information content (AvgIpc) is 2.20. The smallest absolute Gasteiger partial charge is 0.127 e. The Hall–Kier alpha value is -0.930. The Bertz CT molecular complexity index is 361. The summed E-state index contributed by atoms with van der Waals surface area (Å²) in [6, 6.07) is 5.17. The number of hydrogen-bond donors (Lipinski definition) is 2. The van der Waals surface area contributed by atoms with E-state index in [9.17, 15) is 4.39 Å². The molecule has 1 saturated carbocycles. The van der Waals surface area contributed by atoms with Crippen LogP contribution in [0.15, 0.2) is 18.2 Å². The molecule has 0 heterocycles. The maximum Gasteiger partial charge on any atom is 0.127 e. The van der Waals surface area contributed by atoms with Gasteiger partial charge in [0.15, 0.2) is 0 Å². The Morgan fingerprint density at radius 3 is 2.88 bits per heavy atom. The van der Waals surface area contributed by atoms with Crippen LogP contribution in [-0.4, -0.2) is 17.8 Å². The van der Waals surface area contributed by atoms with E-state index in [-0.39, 0.29) is 11.9 Å². The van der Waals surface area contributed by atoms with E-state index in [2.05, 4.69) is 5.32 Å². The fourth-order valence-electron chi connectivity index (χ4n) is 2.12. The minimum absolute atomic E-state index is 0.109. The Morgan fingerprint density at radius 2 is 2.19 bits per heavy atom. The molecule has 0 spiro atoms. The number of aliphatic hydroxyl groups is 1. The number of nitrogens with one attached hydrogen (secondary N) is 1. The van der Waals surface area contributed by atoms with Crippen molar-refractivity contribution in [2.45, 2.75) is 32.4 Å². The Labute approximate surface area is 95.5 Å². The number of aliphatic hydroxyl groups excluding tert-OH is 1. The van der Waals surface area contributed by atoms with Crippen LogP contribution in [0, 0.1) is 18.7 Å². The molecule has 1 aromatic rings. The van der Waals surface area contributed by atoms with Crippen LogP contribution >= 0.6 is 0 Å². The molecule has 3 heteroatoms. The van der Waals surface area contributed by atoms with Crippen molar-refractivity contribution in [1.82, 2.24) is 5.32 Å². The predicted molar refractivity (Wildman–Crippen MR) is 61.6 cm³/mol. The molecule has 2 nitrogen and oxygen atoms in total. The van der Waals surface area contributed by atoms with Gasteiger partial charge in [0.25, 0.3) is 0 Å². The van der Waals surface area contributed by atoms with Gasteiger partial charge in [0, 0.05) is 12.1 Å². The van der Waals surface area contributed by atoms with Crippen LogP contribution in [0.4, 0.5) is 4.39 Å². The van der Waals surface area contributed by atoms with Gasteiger partial charge in [0.1, 0.15) is 5.82 Å². The van der Waals surface area contributed by atoms with Crippen LogP contribution in [0.25, 0.3) is 0 Å². The standard InChI is InChI=1S/C13H18FNO/c1-9-2-3-13(14)11(4-9)8-15-7-10-5-12(16)6-10/h2-4,10,12,15-16H,5-8H2,1H3. The van der Waals surface area contributed by atoms with E-state index in [0.717, 1.165) is 30.5 Å². The second-order valence-corrected chi connectivity index (χ2v) is 4.72. The molecule has 1 aliphatic rings. The fourth-order valence-corrected chi connectivity index (χ4v) is 2.12. The van der Waals surface area contributed by atoms with Crippen molar-refractivity contribution in [3.63, 3.8) is 0 Å². The first-order chi connectivity index (χ1) is 7.65. The average molecular weight is 223 g/mol. The number of benzene rings is 1. The van der Waals surface area contributed by atoms with Gasteiger partial charge in [-0.1, -0.05) is 17.7 Å². The Kier molecular flexibility index (Phi) is 3.56. The topological polar surface area (TPSA) is 32.3 Å². The third-order valence-electron chi connectivity index (χ3n) is 3.16. The highest BCUT2D eigenvalue weighted by Crippen LogP contribution is 2.26. The zero-order valence-corrected chi connectivity index (χ0v) is 9.54. The monoisotopic (exact) mass is 223 g/mol. The molecule has 0 aromatic heterocycles. The SMILES string of the molecule is Cc1ccc(F)c(CNCC2CC(O)C2)c1. The second kappa shape index (κ2) is 4.93. The summed E-state index contributed by atoms with van der Waals surface area (Å²) in [4.78, 5) is 0. The van der Waals surface area contributed by atoms with E-state index in [4.69, 9.17) is 5.11 Å². The highest BCUT2D eigenvalue weighted by molar-refractivity contribution is 5.23. The molecule has 1 fully saturated rings. The van der Waals surface area contributed by atoms with Crippen molar-refractivity contribution in [3.05, 3.63) is 35.1 Å². The normalized spacial score (nSPS) is 24.2. The molecule has 1 aliphatic carbocycles. The van der Waals surface area contributed by atoms with Crippen molar-refractivity contribution >= 4 is 0 Å². The Morgan fingerprint density at radius 1 is 1.44 bits per heavy atom. The van der Waals surface area contributed by atoms with Crippen LogP contribution in [0.5, 0.6) is 0 Å². The van der Waals surface area contributed by atoms with Crippen molar-refractivity contribution in [2.75, 3.05) is 6.54 Å². The second-order valence-electron chi connectivity index (χ2n) is 4.72. The molecule has 88 valence electrons. The quantitative estimate of drug-likeness (QED) is 0.818. The van der Waals surface area contributed by atoms with E-state index in [1.165, 1.54) is 6.07 Å². The first-order valence-corrected chi connectivity index (χ1v) is 5.79. The third-order valence-corrected chi connectivity index (χ3v) is 3.16. The van der Waals surface area contributed by atoms with Crippen molar-refractivity contribution < 1.29 is 9.50 Å². The van der Waals surface area contributed by atoms with Crippen molar-refractivity contribution in [3.8, 4) is 0 Å². The fraction of sp³-hybridized carbons (Fsp3) is 0.538. The minimum Gasteiger partial charge on any atom is -0.393 e. The Balaban J connectivity index is 1.78. The van der Waals surface area contributed by atoms with Gasteiger partial charge in [-0.2, -0.15) is 0 Å². The highest BCUT2D eigenvalue weighted by atomic mass is 19.1. The maximum atomic E-state index is 13.4. The largest absolute Gasteiger partial charge is 0.393 e. The van der Waals surface area contributed by atoms with E-state index in [1.54, 1.807) is 6.07 Å². The van der Waals surface area contributed by atoms with Crippen LogP contribution in [0.1, 0.15) is 24.0 Å². The molecule has 16 heavy (non-hydrogen) atoms. The molecule has 0 bridgehead atoms. The lowest BCUT2D eigenvalue weighted by Crippen LogP contribution is -2.36. The highest BCUT2D eigenvalue weighted by Gasteiger charge is 2.26. The molecule has 0 amide bonds. The molecule has 0 saturated heterocycles. The number of aryl methyl sites for hydroxylation is 1. The lowest BCUT2D eigenvalue weighted by Gasteiger charge is -2.31. The van der Waals surface area contributed by atoms with Crippen molar-refractivity contribution in [1.29, 1.82) is 0 Å². The predicted octanol–water partition coefficient (Wildman–Crippen LogP) is 1.99. The molecule has 0 unspecified atom stereocenters. The molecular formula is C13H18FNO. The summed E-state index contributed by atoms with van der Waals surface area (Å²) in [5.74, 6) is 0.412. The van der Waals surface area contributed by atoms with Crippen LogP contribution in [-0.2, 0) is 6.54 Å². The minimum atomic E-state index is -0.147. The van der Waals surface area contributed by atoms with Crippen LogP contribution < -0.4 is 5.32 Å². The van der Waals surface area contributed by atoms with Gasteiger partial charge in [-0.05, 0) is 38.3 Å². The van der Waals surface area contributed by atoms with E-state index < -0.39 is 0 Å².